The van der Waals surface area contributed by atoms with E-state index in [1.54, 1.807) is 12.4 Å². The van der Waals surface area contributed by atoms with E-state index in [2.05, 4.69) is 25.3 Å². The molecule has 3 aromatic heterocycles. The predicted octanol–water partition coefficient (Wildman–Crippen LogP) is 3.78. The number of benzene rings is 1. The molecule has 0 N–H and O–H groups in total. The van der Waals surface area contributed by atoms with Gasteiger partial charge in [-0.3, -0.25) is 4.98 Å². The molecule has 0 aliphatic rings. The minimum atomic E-state index is 0.452. The number of pyridine rings is 1. The third kappa shape index (κ3) is 3.58. The van der Waals surface area contributed by atoms with Crippen LogP contribution in [0.3, 0.4) is 0 Å². The van der Waals surface area contributed by atoms with Gasteiger partial charge in [0.1, 0.15) is 0 Å². The number of rotatable bonds is 5. The van der Waals surface area contributed by atoms with E-state index in [9.17, 15) is 0 Å². The van der Waals surface area contributed by atoms with Gasteiger partial charge in [0.2, 0.25) is 5.89 Å². The minimum absolute atomic E-state index is 0.452. The van der Waals surface area contributed by atoms with Gasteiger partial charge in [-0.1, -0.05) is 34.6 Å². The Balaban J connectivity index is 1.42. The predicted molar refractivity (Wildman–Crippen MR) is 91.6 cm³/mol. The molecule has 0 unspecified atom stereocenters. The Morgan fingerprint density at radius 3 is 2.48 bits per heavy atom. The molecule has 124 valence electrons. The summed E-state index contributed by atoms with van der Waals surface area (Å²) in [5.74, 6) is 2.01. The topological polar surface area (TPSA) is 90.7 Å². The van der Waals surface area contributed by atoms with Crippen LogP contribution in [0.2, 0.25) is 0 Å². The number of nitrogens with zero attached hydrogens (tertiary/aromatic N) is 5. The minimum Gasteiger partial charge on any atom is -0.411 e. The molecule has 0 aliphatic heterocycles. The van der Waals surface area contributed by atoms with Gasteiger partial charge in [0.05, 0.1) is 5.75 Å². The monoisotopic (exact) mass is 351 g/mol. The van der Waals surface area contributed by atoms with Crippen molar-refractivity contribution in [3.05, 3.63) is 60.2 Å². The van der Waals surface area contributed by atoms with Crippen LogP contribution in [-0.4, -0.2) is 25.3 Å². The van der Waals surface area contributed by atoms with Crippen molar-refractivity contribution in [2.24, 2.45) is 0 Å². The lowest BCUT2D eigenvalue weighted by atomic mass is 10.1. The summed E-state index contributed by atoms with van der Waals surface area (Å²) in [6.45, 7) is 2.03. The molecule has 4 rings (SSSR count). The zero-order valence-corrected chi connectivity index (χ0v) is 14.1. The molecule has 0 spiro atoms. The molecule has 0 saturated heterocycles. The first-order valence-electron chi connectivity index (χ1n) is 7.54. The van der Waals surface area contributed by atoms with Crippen molar-refractivity contribution in [3.63, 3.8) is 0 Å². The van der Waals surface area contributed by atoms with E-state index >= 15 is 0 Å². The quantitative estimate of drug-likeness (QED) is 0.502. The summed E-state index contributed by atoms with van der Waals surface area (Å²) < 4.78 is 10.9. The van der Waals surface area contributed by atoms with Gasteiger partial charge in [0.15, 0.2) is 5.82 Å². The van der Waals surface area contributed by atoms with E-state index in [0.29, 0.717) is 28.6 Å². The zero-order chi connectivity index (χ0) is 17.1. The Labute approximate surface area is 147 Å². The number of thioether (sulfide) groups is 1. The highest BCUT2D eigenvalue weighted by Crippen LogP contribution is 2.25. The maximum absolute atomic E-state index is 5.62. The first-order chi connectivity index (χ1) is 12.3. The van der Waals surface area contributed by atoms with E-state index in [4.69, 9.17) is 8.94 Å². The molecule has 1 aromatic carbocycles. The van der Waals surface area contributed by atoms with Gasteiger partial charge in [-0.25, -0.2) is 0 Å². The van der Waals surface area contributed by atoms with Gasteiger partial charge in [-0.2, -0.15) is 4.98 Å². The van der Waals surface area contributed by atoms with Gasteiger partial charge in [0, 0.05) is 23.5 Å². The summed E-state index contributed by atoms with van der Waals surface area (Å²) in [4.78, 5) is 8.36. The highest BCUT2D eigenvalue weighted by Gasteiger charge is 2.12. The Hall–Kier alpha value is -3.00. The zero-order valence-electron chi connectivity index (χ0n) is 13.3. The number of aryl methyl sites for hydroxylation is 1. The largest absolute Gasteiger partial charge is 0.411 e. The summed E-state index contributed by atoms with van der Waals surface area (Å²) in [7, 11) is 0. The molecule has 0 saturated carbocycles. The normalized spacial score (nSPS) is 10.9. The van der Waals surface area contributed by atoms with Gasteiger partial charge >= 0.3 is 0 Å². The van der Waals surface area contributed by atoms with Crippen LogP contribution in [0, 0.1) is 6.92 Å². The smallest absolute Gasteiger partial charge is 0.277 e. The van der Waals surface area contributed by atoms with E-state index in [0.717, 1.165) is 11.1 Å². The van der Waals surface area contributed by atoms with Crippen LogP contribution in [0.5, 0.6) is 0 Å². The fraction of sp³-hybridized carbons (Fsp3) is 0.118. The molecule has 7 nitrogen and oxygen atoms in total. The second-order valence-corrected chi connectivity index (χ2v) is 6.21. The first-order valence-corrected chi connectivity index (χ1v) is 8.53. The van der Waals surface area contributed by atoms with Gasteiger partial charge in [-0.05, 0) is 31.2 Å². The van der Waals surface area contributed by atoms with Crippen molar-refractivity contribution in [1.82, 2.24) is 25.3 Å². The molecule has 0 fully saturated rings. The summed E-state index contributed by atoms with van der Waals surface area (Å²) in [5.41, 5.74) is 2.91. The summed E-state index contributed by atoms with van der Waals surface area (Å²) in [5, 5.41) is 12.5. The van der Waals surface area contributed by atoms with Crippen LogP contribution in [0.1, 0.15) is 11.4 Å². The SMILES string of the molecule is Cc1ccc(-c2nc(CSc3nnc(-c4ccncc4)o3)no2)cc1. The Bertz CT molecular complexity index is 966. The molecule has 0 bridgehead atoms. The molecule has 0 amide bonds. The maximum Gasteiger partial charge on any atom is 0.277 e. The molecule has 0 aliphatic carbocycles. The lowest BCUT2D eigenvalue weighted by Gasteiger charge is -1.94. The van der Waals surface area contributed by atoms with Gasteiger partial charge in [-0.15, -0.1) is 10.2 Å². The summed E-state index contributed by atoms with van der Waals surface area (Å²) >= 11 is 1.36. The van der Waals surface area contributed by atoms with E-state index in [1.165, 1.54) is 17.3 Å². The number of aromatic nitrogens is 5. The average molecular weight is 351 g/mol. The molecule has 25 heavy (non-hydrogen) atoms. The first kappa shape index (κ1) is 15.5. The standard InChI is InChI=1S/C17H13N5O2S/c1-11-2-4-12(5-3-11)15-19-14(22-24-15)10-25-17-21-20-16(23-17)13-6-8-18-9-7-13/h2-9H,10H2,1H3. The van der Waals surface area contributed by atoms with Crippen LogP contribution in [0.4, 0.5) is 0 Å². The van der Waals surface area contributed by atoms with Crippen molar-refractivity contribution in [2.45, 2.75) is 17.9 Å². The summed E-state index contributed by atoms with van der Waals surface area (Å²) in [6.07, 6.45) is 3.36. The van der Waals surface area contributed by atoms with E-state index in [-0.39, 0.29) is 0 Å². The molecule has 4 aromatic rings. The van der Waals surface area contributed by atoms with E-state index < -0.39 is 0 Å². The highest BCUT2D eigenvalue weighted by molar-refractivity contribution is 7.98. The van der Waals surface area contributed by atoms with Gasteiger partial charge in [0.25, 0.3) is 11.1 Å². The molecule has 8 heteroatoms. The second-order valence-electron chi connectivity index (χ2n) is 5.28. The molecule has 0 radical (unpaired) electrons. The molecular formula is C17H13N5O2S. The van der Waals surface area contributed by atoms with Crippen LogP contribution in [0.25, 0.3) is 22.9 Å². The Morgan fingerprint density at radius 1 is 0.920 bits per heavy atom. The number of hydrogen-bond acceptors (Lipinski definition) is 8. The molecule has 3 heterocycles. The third-order valence-electron chi connectivity index (χ3n) is 3.43. The third-order valence-corrected chi connectivity index (χ3v) is 4.24. The van der Waals surface area contributed by atoms with Crippen molar-refractivity contribution in [1.29, 1.82) is 0 Å². The van der Waals surface area contributed by atoms with Crippen LogP contribution in [-0.2, 0) is 5.75 Å². The highest BCUT2D eigenvalue weighted by atomic mass is 32.2. The van der Waals surface area contributed by atoms with Crippen LogP contribution >= 0.6 is 11.8 Å². The molecule has 0 atom stereocenters. The lowest BCUT2D eigenvalue weighted by molar-refractivity contribution is 0.425. The van der Waals surface area contributed by atoms with Crippen molar-refractivity contribution in [2.75, 3.05) is 0 Å². The summed E-state index contributed by atoms with van der Waals surface area (Å²) in [6, 6.07) is 11.6. The second kappa shape index (κ2) is 6.86. The lowest BCUT2D eigenvalue weighted by Crippen LogP contribution is -1.84. The van der Waals surface area contributed by atoms with Crippen LogP contribution < -0.4 is 0 Å². The van der Waals surface area contributed by atoms with Gasteiger partial charge < -0.3 is 8.94 Å². The fourth-order valence-corrected chi connectivity index (χ4v) is 2.74. The average Bonchev–Trinajstić information content (AvgIpc) is 3.31. The van der Waals surface area contributed by atoms with Crippen molar-refractivity contribution >= 4 is 11.8 Å². The van der Waals surface area contributed by atoms with Crippen molar-refractivity contribution < 1.29 is 8.94 Å². The van der Waals surface area contributed by atoms with Crippen LogP contribution in [0.15, 0.2) is 63.0 Å². The number of hydrogen-bond donors (Lipinski definition) is 0. The van der Waals surface area contributed by atoms with E-state index in [1.807, 2.05) is 43.3 Å². The fourth-order valence-electron chi connectivity index (χ4n) is 2.13. The molecular weight excluding hydrogens is 338 g/mol. The Kier molecular flexibility index (Phi) is 4.26. The Morgan fingerprint density at radius 2 is 1.68 bits per heavy atom. The maximum atomic E-state index is 5.62. The van der Waals surface area contributed by atoms with Crippen molar-refractivity contribution in [3.8, 4) is 22.9 Å².